The molecule has 5 heterocycles. The summed E-state index contributed by atoms with van der Waals surface area (Å²) in [6.45, 7) is 8.27. The molecule has 0 saturated carbocycles. The number of anilines is 1. The van der Waals surface area contributed by atoms with E-state index in [2.05, 4.69) is 14.9 Å². The van der Waals surface area contributed by atoms with Crippen molar-refractivity contribution >= 4 is 42.4 Å². The molecule has 32 heavy (non-hydrogen) atoms. The largest absolute Gasteiger partial charge is 0.368 e. The van der Waals surface area contributed by atoms with Crippen molar-refractivity contribution in [3.63, 3.8) is 0 Å². The Morgan fingerprint density at radius 2 is 1.94 bits per heavy atom. The van der Waals surface area contributed by atoms with Gasteiger partial charge in [0, 0.05) is 50.5 Å². The fraction of sp³-hybridized carbons (Fsp3) is 0.714. The van der Waals surface area contributed by atoms with Crippen molar-refractivity contribution < 1.29 is 14.3 Å². The maximum atomic E-state index is 13.5. The summed E-state index contributed by atoms with van der Waals surface area (Å²) in [4.78, 5) is 41.2. The van der Waals surface area contributed by atoms with Crippen molar-refractivity contribution in [3.05, 3.63) is 17.6 Å². The number of aryl methyl sites for hydroxylation is 1. The molecule has 178 valence electrons. The predicted octanol–water partition coefficient (Wildman–Crippen LogP) is 0.550. The zero-order chi connectivity index (χ0) is 21.0. The van der Waals surface area contributed by atoms with E-state index in [0.717, 1.165) is 43.0 Å². The Morgan fingerprint density at radius 1 is 1.22 bits per heavy atom. The van der Waals surface area contributed by atoms with E-state index < -0.39 is 5.60 Å². The van der Waals surface area contributed by atoms with Gasteiger partial charge in [-0.1, -0.05) is 0 Å². The number of halogens is 2. The molecule has 0 unspecified atom stereocenters. The highest BCUT2D eigenvalue weighted by molar-refractivity contribution is 5.92. The highest BCUT2D eigenvalue weighted by atomic mass is 35.5. The zero-order valence-corrected chi connectivity index (χ0v) is 20.2. The molecule has 1 aromatic rings. The lowest BCUT2D eigenvalue weighted by Crippen LogP contribution is -2.54. The Bertz CT molecular complexity index is 881. The van der Waals surface area contributed by atoms with E-state index >= 15 is 0 Å². The van der Waals surface area contributed by atoms with E-state index in [-0.39, 0.29) is 54.6 Å². The third kappa shape index (κ3) is 3.73. The number of carbonyl (C=O) groups excluding carboxylic acids is 2. The van der Waals surface area contributed by atoms with Crippen LogP contribution in [0.15, 0.2) is 6.33 Å². The Hall–Kier alpha value is -1.68. The minimum atomic E-state index is -0.478. The molecule has 4 aliphatic rings. The monoisotopic (exact) mass is 486 g/mol. The lowest BCUT2D eigenvalue weighted by molar-refractivity contribution is -0.144. The number of ether oxygens (including phenoxy) is 1. The minimum absolute atomic E-state index is 0. The van der Waals surface area contributed by atoms with Crippen molar-refractivity contribution in [1.29, 1.82) is 0 Å². The van der Waals surface area contributed by atoms with Crippen molar-refractivity contribution in [2.75, 3.05) is 50.7 Å². The third-order valence-electron chi connectivity index (χ3n) is 7.49. The quantitative estimate of drug-likeness (QED) is 0.662. The summed E-state index contributed by atoms with van der Waals surface area (Å²) in [5, 5.41) is 0. The van der Waals surface area contributed by atoms with Crippen molar-refractivity contribution in [3.8, 4) is 0 Å². The number of hydrogen-bond donors (Lipinski definition) is 1. The third-order valence-corrected chi connectivity index (χ3v) is 7.49. The highest BCUT2D eigenvalue weighted by Gasteiger charge is 2.69. The lowest BCUT2D eigenvalue weighted by Gasteiger charge is -2.38. The number of amides is 2. The molecular formula is C21H32Cl2N6O3. The van der Waals surface area contributed by atoms with Gasteiger partial charge in [-0.15, -0.1) is 24.8 Å². The number of carbonyl (C=O) groups is 2. The van der Waals surface area contributed by atoms with Gasteiger partial charge in [-0.05, 0) is 26.7 Å². The number of aromatic nitrogens is 2. The molecule has 2 bridgehead atoms. The van der Waals surface area contributed by atoms with Gasteiger partial charge >= 0.3 is 0 Å². The van der Waals surface area contributed by atoms with Gasteiger partial charge in [0.1, 0.15) is 12.1 Å². The van der Waals surface area contributed by atoms with Crippen LogP contribution in [0.2, 0.25) is 0 Å². The predicted molar refractivity (Wildman–Crippen MR) is 124 cm³/mol. The SMILES string of the molecule is Cc1ncnc(N2CCN(C(=O)[C@H]3[C@@H]4CC[C@@]5(CN(CCN)C(=O)[C@@H]35)O4)CC2)c1C.Cl.Cl. The Balaban J connectivity index is 0.00000144. The van der Waals surface area contributed by atoms with Crippen LogP contribution in [0.4, 0.5) is 5.82 Å². The number of nitrogens with zero attached hydrogens (tertiary/aromatic N) is 5. The molecule has 0 aliphatic carbocycles. The molecule has 4 atom stereocenters. The first-order chi connectivity index (χ1) is 14.4. The van der Waals surface area contributed by atoms with Crippen LogP contribution in [-0.4, -0.2) is 89.1 Å². The zero-order valence-electron chi connectivity index (χ0n) is 18.5. The second-order valence-electron chi connectivity index (χ2n) is 9.03. The molecule has 4 fully saturated rings. The molecule has 2 N–H and O–H groups in total. The number of likely N-dealkylation sites (tertiary alicyclic amines) is 1. The summed E-state index contributed by atoms with van der Waals surface area (Å²) in [6, 6.07) is 0. The smallest absolute Gasteiger partial charge is 0.229 e. The van der Waals surface area contributed by atoms with Crippen LogP contribution in [0.3, 0.4) is 0 Å². The van der Waals surface area contributed by atoms with E-state index in [1.165, 1.54) is 0 Å². The summed E-state index contributed by atoms with van der Waals surface area (Å²) in [6.07, 6.45) is 3.19. The fourth-order valence-corrected chi connectivity index (χ4v) is 5.86. The van der Waals surface area contributed by atoms with Crippen LogP contribution < -0.4 is 10.6 Å². The van der Waals surface area contributed by atoms with Gasteiger partial charge in [-0.3, -0.25) is 9.59 Å². The van der Waals surface area contributed by atoms with E-state index in [1.807, 2.05) is 18.7 Å². The molecule has 11 heteroatoms. The second-order valence-corrected chi connectivity index (χ2v) is 9.03. The van der Waals surface area contributed by atoms with Crippen molar-refractivity contribution in [2.24, 2.45) is 17.6 Å². The fourth-order valence-electron chi connectivity index (χ4n) is 5.86. The molecule has 9 nitrogen and oxygen atoms in total. The summed E-state index contributed by atoms with van der Waals surface area (Å²) >= 11 is 0. The van der Waals surface area contributed by atoms with Gasteiger partial charge in [0.25, 0.3) is 0 Å². The topological polar surface area (TPSA) is 105 Å². The maximum Gasteiger partial charge on any atom is 0.229 e. The standard InChI is InChI=1S/C21H30N6O3.2ClH/c1-13-14(2)23-12-24-18(13)25-7-9-26(10-8-25)19(28)16-15-3-4-21(30-15)11-27(6-5-22)20(29)17(16)21;;/h12,15-17H,3-11,22H2,1-2H3;2*1H/t15-,16-,17+,21-;;/m0../s1. The summed E-state index contributed by atoms with van der Waals surface area (Å²) in [5.41, 5.74) is 7.26. The number of nitrogens with two attached hydrogens (primary N) is 1. The molecular weight excluding hydrogens is 455 g/mol. The van der Waals surface area contributed by atoms with Gasteiger partial charge < -0.3 is 25.2 Å². The van der Waals surface area contributed by atoms with E-state index in [4.69, 9.17) is 10.5 Å². The van der Waals surface area contributed by atoms with E-state index in [9.17, 15) is 9.59 Å². The summed E-state index contributed by atoms with van der Waals surface area (Å²) in [7, 11) is 0. The minimum Gasteiger partial charge on any atom is -0.368 e. The molecule has 2 amide bonds. The average molecular weight is 487 g/mol. The van der Waals surface area contributed by atoms with Gasteiger partial charge in [-0.2, -0.15) is 0 Å². The molecule has 5 rings (SSSR count). The number of rotatable bonds is 4. The van der Waals surface area contributed by atoms with Crippen LogP contribution in [0.25, 0.3) is 0 Å². The van der Waals surface area contributed by atoms with Crippen LogP contribution in [0, 0.1) is 25.7 Å². The molecule has 1 aromatic heterocycles. The molecule has 0 radical (unpaired) electrons. The van der Waals surface area contributed by atoms with Crippen molar-refractivity contribution in [2.45, 2.75) is 38.4 Å². The number of hydrogen-bond acceptors (Lipinski definition) is 7. The molecule has 1 spiro atoms. The lowest BCUT2D eigenvalue weighted by atomic mass is 9.72. The van der Waals surface area contributed by atoms with Gasteiger partial charge in [0.2, 0.25) is 11.8 Å². The van der Waals surface area contributed by atoms with Gasteiger partial charge in [-0.25, -0.2) is 9.97 Å². The van der Waals surface area contributed by atoms with Crippen LogP contribution in [0.5, 0.6) is 0 Å². The Labute approximate surface area is 200 Å². The van der Waals surface area contributed by atoms with Crippen LogP contribution in [0.1, 0.15) is 24.1 Å². The Kier molecular flexibility index (Phi) is 7.24. The van der Waals surface area contributed by atoms with Crippen LogP contribution >= 0.6 is 24.8 Å². The second kappa shape index (κ2) is 9.29. The van der Waals surface area contributed by atoms with Crippen LogP contribution in [-0.2, 0) is 14.3 Å². The maximum absolute atomic E-state index is 13.5. The normalized spacial score (nSPS) is 30.8. The summed E-state index contributed by atoms with van der Waals surface area (Å²) in [5.74, 6) is 0.361. The first-order valence-electron chi connectivity index (χ1n) is 10.9. The van der Waals surface area contributed by atoms with Gasteiger partial charge in [0.15, 0.2) is 0 Å². The number of fused-ring (bicyclic) bond motifs is 1. The van der Waals surface area contributed by atoms with E-state index in [1.54, 1.807) is 11.2 Å². The van der Waals surface area contributed by atoms with E-state index in [0.29, 0.717) is 32.7 Å². The molecule has 4 saturated heterocycles. The van der Waals surface area contributed by atoms with Gasteiger partial charge in [0.05, 0.1) is 30.1 Å². The first-order valence-corrected chi connectivity index (χ1v) is 10.9. The first kappa shape index (κ1) is 25.0. The number of piperazine rings is 1. The average Bonchev–Trinajstić information content (AvgIpc) is 3.38. The highest BCUT2D eigenvalue weighted by Crippen LogP contribution is 2.55. The summed E-state index contributed by atoms with van der Waals surface area (Å²) < 4.78 is 6.30. The molecule has 4 aliphatic heterocycles. The Morgan fingerprint density at radius 3 is 2.62 bits per heavy atom. The van der Waals surface area contributed by atoms with Crippen molar-refractivity contribution in [1.82, 2.24) is 19.8 Å². The molecule has 0 aromatic carbocycles.